The van der Waals surface area contributed by atoms with Crippen molar-refractivity contribution in [3.63, 3.8) is 0 Å². The van der Waals surface area contributed by atoms with Crippen LogP contribution in [0, 0.1) is 0 Å². The molecule has 1 heterocycles. The van der Waals surface area contributed by atoms with E-state index in [9.17, 15) is 13.6 Å². The molecule has 0 spiro atoms. The van der Waals surface area contributed by atoms with Crippen LogP contribution in [0.25, 0.3) is 0 Å². The number of hydrogen-bond acceptors (Lipinski definition) is 7. The normalized spacial score (nSPS) is 11.3. The number of esters is 1. The molecule has 0 radical (unpaired) electrons. The van der Waals surface area contributed by atoms with Crippen molar-refractivity contribution in [2.24, 2.45) is 0 Å². The Labute approximate surface area is 99.5 Å². The molecule has 4 N–H and O–H groups in total. The van der Waals surface area contributed by atoms with Gasteiger partial charge in [0.2, 0.25) is 0 Å². The quantitative estimate of drug-likeness (QED) is 0.674. The Bertz CT molecular complexity index is 411. The topological polar surface area (TPSA) is 97.5 Å². The zero-order valence-electron chi connectivity index (χ0n) is 8.87. The first kappa shape index (κ1) is 13.6. The van der Waals surface area contributed by atoms with Crippen LogP contribution in [0.15, 0.2) is 0 Å². The van der Waals surface area contributed by atoms with E-state index in [2.05, 4.69) is 14.4 Å². The first-order valence-electron chi connectivity index (χ1n) is 4.47. The van der Waals surface area contributed by atoms with Crippen LogP contribution in [0.2, 0.25) is 0 Å². The zero-order chi connectivity index (χ0) is 13.1. The minimum absolute atomic E-state index is 0.0776. The molecule has 0 aliphatic carbocycles. The number of aliphatic hydroxyl groups is 1. The molecule has 0 aliphatic rings. The van der Waals surface area contributed by atoms with Gasteiger partial charge in [0.15, 0.2) is 5.82 Å². The molecule has 0 aromatic carbocycles. The van der Waals surface area contributed by atoms with Crippen LogP contribution in [-0.4, -0.2) is 41.6 Å². The van der Waals surface area contributed by atoms with Crippen LogP contribution in [-0.2, 0) is 4.74 Å². The summed E-state index contributed by atoms with van der Waals surface area (Å²) in [5.41, 5.74) is 5.33. The van der Waals surface area contributed by atoms with Crippen molar-refractivity contribution in [3.8, 4) is 0 Å². The number of carbonyl (C=O) groups is 1. The van der Waals surface area contributed by atoms with E-state index < -0.39 is 25.0 Å². The Hall–Kier alpha value is -1.48. The minimum Gasteiger partial charge on any atom is -0.465 e. The number of nitrogen functional groups attached to an aromatic ring is 1. The molecule has 0 fully saturated rings. The minimum atomic E-state index is -3.29. The van der Waals surface area contributed by atoms with E-state index in [1.807, 2.05) is 0 Å². The smallest absolute Gasteiger partial charge is 0.344 e. The number of ether oxygens (including phenoxy) is 1. The Balaban J connectivity index is 2.82. The second-order valence-electron chi connectivity index (χ2n) is 3.13. The number of aromatic nitrogens is 1. The third-order valence-corrected chi connectivity index (χ3v) is 2.67. The summed E-state index contributed by atoms with van der Waals surface area (Å²) in [6.45, 7) is -2.11. The molecule has 0 aliphatic heterocycles. The maximum absolute atomic E-state index is 12.8. The van der Waals surface area contributed by atoms with Crippen molar-refractivity contribution in [2.75, 3.05) is 31.3 Å². The molecule has 0 saturated carbocycles. The van der Waals surface area contributed by atoms with Crippen molar-refractivity contribution in [2.45, 2.75) is 5.92 Å². The van der Waals surface area contributed by atoms with Crippen molar-refractivity contribution in [3.05, 3.63) is 5.56 Å². The van der Waals surface area contributed by atoms with Gasteiger partial charge in [-0.15, -0.1) is 0 Å². The molecule has 0 bridgehead atoms. The lowest BCUT2D eigenvalue weighted by molar-refractivity contribution is -0.0372. The van der Waals surface area contributed by atoms with E-state index in [1.165, 1.54) is 0 Å². The number of aliphatic hydroxyl groups excluding tert-OH is 1. The summed E-state index contributed by atoms with van der Waals surface area (Å²) in [4.78, 5) is 11.3. The van der Waals surface area contributed by atoms with E-state index in [1.54, 1.807) is 0 Å². The first-order chi connectivity index (χ1) is 7.91. The number of anilines is 2. The molecule has 9 heteroatoms. The van der Waals surface area contributed by atoms with Gasteiger partial charge in [-0.25, -0.2) is 13.6 Å². The van der Waals surface area contributed by atoms with E-state index >= 15 is 0 Å². The van der Waals surface area contributed by atoms with Gasteiger partial charge in [0, 0.05) is 0 Å². The second-order valence-corrected chi connectivity index (χ2v) is 3.90. The lowest BCUT2D eigenvalue weighted by atomic mass is 10.3. The first-order valence-corrected chi connectivity index (χ1v) is 5.24. The summed E-state index contributed by atoms with van der Waals surface area (Å²) in [6, 6.07) is 0. The van der Waals surface area contributed by atoms with Gasteiger partial charge in [0.1, 0.15) is 17.2 Å². The highest BCUT2D eigenvalue weighted by molar-refractivity contribution is 7.11. The lowest BCUT2D eigenvalue weighted by Gasteiger charge is -2.14. The number of alkyl halides is 2. The standard InChI is InChI=1S/C8H11F2N3O3S/c1-16-7(15)4-5(11)13-17-6(4)12-2-8(9,10)3-14/h12,14H,2-3H2,1H3,(H2,11,13). The molecule has 6 nitrogen and oxygen atoms in total. The van der Waals surface area contributed by atoms with Gasteiger partial charge < -0.3 is 20.9 Å². The summed E-state index contributed by atoms with van der Waals surface area (Å²) >= 11 is 0.769. The molecule has 0 unspecified atom stereocenters. The van der Waals surface area contributed by atoms with E-state index in [0.29, 0.717) is 0 Å². The van der Waals surface area contributed by atoms with Crippen LogP contribution in [0.4, 0.5) is 19.6 Å². The molecule has 17 heavy (non-hydrogen) atoms. The molecule has 96 valence electrons. The predicted octanol–water partition coefficient (Wildman–Crippen LogP) is 0.551. The van der Waals surface area contributed by atoms with Crippen LogP contribution < -0.4 is 11.1 Å². The average Bonchev–Trinajstić information content (AvgIpc) is 2.67. The highest BCUT2D eigenvalue weighted by atomic mass is 32.1. The Kier molecular flexibility index (Phi) is 4.18. The Morgan fingerprint density at radius 3 is 2.88 bits per heavy atom. The van der Waals surface area contributed by atoms with Gasteiger partial charge in [-0.05, 0) is 11.5 Å². The fraction of sp³-hybridized carbons (Fsp3) is 0.500. The van der Waals surface area contributed by atoms with Crippen LogP contribution in [0.3, 0.4) is 0 Å². The number of methoxy groups -OCH3 is 1. The number of nitrogens with zero attached hydrogens (tertiary/aromatic N) is 1. The SMILES string of the molecule is COC(=O)c1c(N)nsc1NCC(F)(F)CO. The monoisotopic (exact) mass is 267 g/mol. The van der Waals surface area contributed by atoms with Gasteiger partial charge in [-0.3, -0.25) is 0 Å². The molecular formula is C8H11F2N3O3S. The van der Waals surface area contributed by atoms with Crippen LogP contribution >= 0.6 is 11.5 Å². The van der Waals surface area contributed by atoms with Crippen molar-refractivity contribution >= 4 is 28.3 Å². The Morgan fingerprint density at radius 2 is 2.35 bits per heavy atom. The lowest BCUT2D eigenvalue weighted by Crippen LogP contribution is -2.31. The summed E-state index contributed by atoms with van der Waals surface area (Å²) < 4.78 is 33.7. The summed E-state index contributed by atoms with van der Waals surface area (Å²) in [5.74, 6) is -4.13. The fourth-order valence-electron chi connectivity index (χ4n) is 0.988. The highest BCUT2D eigenvalue weighted by Gasteiger charge is 2.29. The molecule has 0 atom stereocenters. The second kappa shape index (κ2) is 5.23. The largest absolute Gasteiger partial charge is 0.465 e. The van der Waals surface area contributed by atoms with Crippen molar-refractivity contribution in [1.82, 2.24) is 4.37 Å². The molecule has 1 aromatic heterocycles. The third-order valence-electron chi connectivity index (χ3n) is 1.85. The van der Waals surface area contributed by atoms with Gasteiger partial charge in [-0.2, -0.15) is 4.37 Å². The number of halogens is 2. The Morgan fingerprint density at radius 1 is 1.71 bits per heavy atom. The third kappa shape index (κ3) is 3.24. The molecule has 1 aromatic rings. The van der Waals surface area contributed by atoms with Gasteiger partial charge in [0.05, 0.1) is 13.7 Å². The number of hydrogen-bond donors (Lipinski definition) is 3. The van der Waals surface area contributed by atoms with Gasteiger partial charge in [0.25, 0.3) is 5.92 Å². The molecule has 0 amide bonds. The van der Waals surface area contributed by atoms with Gasteiger partial charge >= 0.3 is 5.97 Å². The van der Waals surface area contributed by atoms with E-state index in [0.717, 1.165) is 18.6 Å². The van der Waals surface area contributed by atoms with E-state index in [-0.39, 0.29) is 16.4 Å². The number of nitrogens with two attached hydrogens (primary N) is 1. The highest BCUT2D eigenvalue weighted by Crippen LogP contribution is 2.28. The molecule has 0 saturated heterocycles. The number of rotatable bonds is 5. The molecular weight excluding hydrogens is 256 g/mol. The zero-order valence-corrected chi connectivity index (χ0v) is 9.68. The summed E-state index contributed by atoms with van der Waals surface area (Å²) in [6.07, 6.45) is 0. The summed E-state index contributed by atoms with van der Waals surface area (Å²) in [5, 5.41) is 10.8. The number of carbonyl (C=O) groups excluding carboxylic acids is 1. The van der Waals surface area contributed by atoms with E-state index in [4.69, 9.17) is 10.8 Å². The van der Waals surface area contributed by atoms with Crippen molar-refractivity contribution < 1.29 is 23.4 Å². The fourth-order valence-corrected chi connectivity index (χ4v) is 1.68. The predicted molar refractivity (Wildman–Crippen MR) is 58.4 cm³/mol. The van der Waals surface area contributed by atoms with Crippen molar-refractivity contribution in [1.29, 1.82) is 0 Å². The van der Waals surface area contributed by atoms with Crippen LogP contribution in [0.1, 0.15) is 10.4 Å². The maximum Gasteiger partial charge on any atom is 0.344 e. The average molecular weight is 267 g/mol. The number of nitrogens with one attached hydrogen (secondary N) is 1. The van der Waals surface area contributed by atoms with Gasteiger partial charge in [-0.1, -0.05) is 0 Å². The van der Waals surface area contributed by atoms with Crippen LogP contribution in [0.5, 0.6) is 0 Å². The summed E-state index contributed by atoms with van der Waals surface area (Å²) in [7, 11) is 1.14. The molecule has 1 rings (SSSR count). The maximum atomic E-state index is 12.8.